The molecule has 26 heavy (non-hydrogen) atoms. The zero-order valence-electron chi connectivity index (χ0n) is 15.0. The van der Waals surface area contributed by atoms with Crippen molar-refractivity contribution in [3.05, 3.63) is 71.8 Å². The Labute approximate surface area is 161 Å². The van der Waals surface area contributed by atoms with Gasteiger partial charge in [-0.25, -0.2) is 4.79 Å². The average Bonchev–Trinajstić information content (AvgIpc) is 2.68. The summed E-state index contributed by atoms with van der Waals surface area (Å²) in [5.74, 6) is -0.137. The molecule has 0 radical (unpaired) electrons. The Bertz CT molecular complexity index is 614. The maximum Gasteiger partial charge on any atom is 0.335 e. The Morgan fingerprint density at radius 2 is 1.50 bits per heavy atom. The van der Waals surface area contributed by atoms with Crippen LogP contribution in [-0.4, -0.2) is 47.3 Å². The largest absolute Gasteiger partial charge is 0.478 e. The zero-order valence-corrected chi connectivity index (χ0v) is 15.8. The quantitative estimate of drug-likeness (QED) is 0.825. The number of carbonyl (C=O) groups is 1. The van der Waals surface area contributed by atoms with Crippen LogP contribution in [0, 0.1) is 0 Å². The molecule has 5 heteroatoms. The summed E-state index contributed by atoms with van der Waals surface area (Å²) in [6, 6.07) is 19.1. The summed E-state index contributed by atoms with van der Waals surface area (Å²) in [5, 5.41) is 17.2. The molecule has 3 rings (SSSR count). The van der Waals surface area contributed by atoms with Crippen molar-refractivity contribution in [2.75, 3.05) is 26.2 Å². The first-order valence-electron chi connectivity index (χ1n) is 8.87. The third kappa shape index (κ3) is 7.56. The van der Waals surface area contributed by atoms with Crippen LogP contribution in [0.15, 0.2) is 60.7 Å². The van der Waals surface area contributed by atoms with E-state index in [-0.39, 0.29) is 12.4 Å². The van der Waals surface area contributed by atoms with Crippen molar-refractivity contribution in [2.24, 2.45) is 0 Å². The van der Waals surface area contributed by atoms with Crippen LogP contribution in [0.4, 0.5) is 0 Å². The normalized spacial score (nSPS) is 14.7. The van der Waals surface area contributed by atoms with Crippen LogP contribution >= 0.6 is 12.4 Å². The monoisotopic (exact) mass is 377 g/mol. The van der Waals surface area contributed by atoms with Crippen LogP contribution in [0.2, 0.25) is 0 Å². The van der Waals surface area contributed by atoms with Crippen molar-refractivity contribution >= 4 is 18.4 Å². The summed E-state index contributed by atoms with van der Waals surface area (Å²) in [6.45, 7) is 3.73. The molecule has 2 aromatic rings. The molecule has 0 aliphatic carbocycles. The minimum Gasteiger partial charge on any atom is -0.478 e. The second kappa shape index (κ2) is 12.5. The summed E-state index contributed by atoms with van der Waals surface area (Å²) < 4.78 is 0. The standard InChI is InChI=1S/C14H21NO.C7H6O2.ClH/c16-12-4-9-15-10-7-14(8-11-15)13-5-2-1-3-6-13;8-7(9)6-4-2-1-3-5-6;/h1-3,5-6,14,16H,4,7-12H2;1-5H,(H,8,9);1H. The third-order valence-electron chi connectivity index (χ3n) is 4.51. The predicted octanol–water partition coefficient (Wildman–Crippen LogP) is 4.06. The molecule has 2 N–H and O–H groups in total. The van der Waals surface area contributed by atoms with Gasteiger partial charge in [0.05, 0.1) is 5.56 Å². The first-order valence-corrected chi connectivity index (χ1v) is 8.87. The number of rotatable bonds is 5. The number of carboxylic acid groups (broad SMARTS) is 1. The molecular weight excluding hydrogens is 350 g/mol. The minimum atomic E-state index is -0.879. The van der Waals surface area contributed by atoms with Crippen LogP contribution in [0.1, 0.15) is 41.1 Å². The molecule has 0 atom stereocenters. The van der Waals surface area contributed by atoms with E-state index in [1.54, 1.807) is 30.3 Å². The van der Waals surface area contributed by atoms with Gasteiger partial charge in [-0.05, 0) is 56.0 Å². The van der Waals surface area contributed by atoms with E-state index in [1.165, 1.54) is 31.5 Å². The number of piperidine rings is 1. The Balaban J connectivity index is 0.000000290. The molecule has 2 aromatic carbocycles. The summed E-state index contributed by atoms with van der Waals surface area (Å²) >= 11 is 0. The van der Waals surface area contributed by atoms with E-state index in [0.717, 1.165) is 18.9 Å². The topological polar surface area (TPSA) is 60.8 Å². The number of aliphatic hydroxyl groups is 1. The van der Waals surface area contributed by atoms with Crippen molar-refractivity contribution < 1.29 is 15.0 Å². The molecular formula is C21H28ClNO3. The average molecular weight is 378 g/mol. The summed E-state index contributed by atoms with van der Waals surface area (Å²) in [5.41, 5.74) is 1.82. The molecule has 0 spiro atoms. The maximum atomic E-state index is 10.2. The van der Waals surface area contributed by atoms with Crippen LogP contribution in [-0.2, 0) is 0 Å². The van der Waals surface area contributed by atoms with Crippen molar-refractivity contribution in [3.8, 4) is 0 Å². The number of aliphatic hydroxyl groups excluding tert-OH is 1. The second-order valence-electron chi connectivity index (χ2n) is 6.27. The molecule has 1 saturated heterocycles. The van der Waals surface area contributed by atoms with Gasteiger partial charge in [0.15, 0.2) is 0 Å². The highest BCUT2D eigenvalue weighted by atomic mass is 35.5. The van der Waals surface area contributed by atoms with E-state index in [4.69, 9.17) is 10.2 Å². The van der Waals surface area contributed by atoms with E-state index in [2.05, 4.69) is 35.2 Å². The summed E-state index contributed by atoms with van der Waals surface area (Å²) in [6.07, 6.45) is 3.43. The molecule has 0 saturated carbocycles. The predicted molar refractivity (Wildman–Crippen MR) is 107 cm³/mol. The van der Waals surface area contributed by atoms with Gasteiger partial charge in [0.2, 0.25) is 0 Å². The number of aromatic carboxylic acids is 1. The molecule has 142 valence electrons. The number of nitrogens with zero attached hydrogens (tertiary/aromatic N) is 1. The van der Waals surface area contributed by atoms with Gasteiger partial charge in [-0.3, -0.25) is 0 Å². The van der Waals surface area contributed by atoms with Gasteiger partial charge in [-0.1, -0.05) is 48.5 Å². The van der Waals surface area contributed by atoms with Gasteiger partial charge >= 0.3 is 5.97 Å². The molecule has 0 amide bonds. The lowest BCUT2D eigenvalue weighted by Gasteiger charge is -2.32. The lowest BCUT2D eigenvalue weighted by Crippen LogP contribution is -2.34. The van der Waals surface area contributed by atoms with Crippen molar-refractivity contribution in [3.63, 3.8) is 0 Å². The summed E-state index contributed by atoms with van der Waals surface area (Å²) in [4.78, 5) is 12.7. The molecule has 0 aromatic heterocycles. The fourth-order valence-corrected chi connectivity index (χ4v) is 3.09. The Morgan fingerprint density at radius 1 is 0.962 bits per heavy atom. The van der Waals surface area contributed by atoms with E-state index in [0.29, 0.717) is 12.2 Å². The molecule has 0 unspecified atom stereocenters. The number of carboxylic acids is 1. The van der Waals surface area contributed by atoms with Crippen molar-refractivity contribution in [1.29, 1.82) is 0 Å². The van der Waals surface area contributed by atoms with Crippen LogP contribution in [0.3, 0.4) is 0 Å². The van der Waals surface area contributed by atoms with Gasteiger partial charge in [0.1, 0.15) is 0 Å². The first kappa shape index (κ1) is 22.2. The number of benzene rings is 2. The van der Waals surface area contributed by atoms with Crippen molar-refractivity contribution in [2.45, 2.75) is 25.2 Å². The molecule has 1 heterocycles. The number of hydrogen-bond donors (Lipinski definition) is 2. The van der Waals surface area contributed by atoms with Crippen LogP contribution in [0.25, 0.3) is 0 Å². The molecule has 1 aliphatic heterocycles. The van der Waals surface area contributed by atoms with E-state index >= 15 is 0 Å². The smallest absolute Gasteiger partial charge is 0.335 e. The fourth-order valence-electron chi connectivity index (χ4n) is 3.09. The van der Waals surface area contributed by atoms with Crippen LogP contribution in [0.5, 0.6) is 0 Å². The number of hydrogen-bond acceptors (Lipinski definition) is 3. The third-order valence-corrected chi connectivity index (χ3v) is 4.51. The number of likely N-dealkylation sites (tertiary alicyclic amines) is 1. The van der Waals surface area contributed by atoms with Gasteiger partial charge < -0.3 is 15.1 Å². The summed E-state index contributed by atoms with van der Waals surface area (Å²) in [7, 11) is 0. The highest BCUT2D eigenvalue weighted by molar-refractivity contribution is 5.87. The van der Waals surface area contributed by atoms with Crippen molar-refractivity contribution in [1.82, 2.24) is 4.90 Å². The second-order valence-corrected chi connectivity index (χ2v) is 6.27. The van der Waals surface area contributed by atoms with Gasteiger partial charge in [0.25, 0.3) is 0 Å². The van der Waals surface area contributed by atoms with E-state index in [1.807, 2.05) is 0 Å². The maximum absolute atomic E-state index is 10.2. The number of halogens is 1. The van der Waals surface area contributed by atoms with E-state index in [9.17, 15) is 4.79 Å². The Hall–Kier alpha value is -1.88. The Morgan fingerprint density at radius 3 is 1.96 bits per heavy atom. The van der Waals surface area contributed by atoms with Gasteiger partial charge in [-0.2, -0.15) is 0 Å². The fraction of sp³-hybridized carbons (Fsp3) is 0.381. The minimum absolute atomic E-state index is 0. The SMILES string of the molecule is Cl.O=C(O)c1ccccc1.OCCCN1CCC(c2ccccc2)CC1. The van der Waals surface area contributed by atoms with E-state index < -0.39 is 5.97 Å². The van der Waals surface area contributed by atoms with Gasteiger partial charge in [0, 0.05) is 13.2 Å². The highest BCUT2D eigenvalue weighted by Gasteiger charge is 2.19. The van der Waals surface area contributed by atoms with Gasteiger partial charge in [-0.15, -0.1) is 12.4 Å². The lowest BCUT2D eigenvalue weighted by molar-refractivity contribution is 0.0697. The lowest BCUT2D eigenvalue weighted by atomic mass is 9.89. The molecule has 1 aliphatic rings. The molecule has 0 bridgehead atoms. The zero-order chi connectivity index (χ0) is 17.9. The molecule has 4 nitrogen and oxygen atoms in total. The van der Waals surface area contributed by atoms with Crippen LogP contribution < -0.4 is 0 Å². The first-order chi connectivity index (χ1) is 12.2. The highest BCUT2D eigenvalue weighted by Crippen LogP contribution is 2.27. The molecule has 1 fully saturated rings. The Kier molecular flexibility index (Phi) is 10.6.